The number of rotatable bonds is 3. The van der Waals surface area contributed by atoms with Crippen LogP contribution < -0.4 is 9.64 Å². The van der Waals surface area contributed by atoms with Crippen LogP contribution in [-0.4, -0.2) is 17.9 Å². The van der Waals surface area contributed by atoms with Gasteiger partial charge in [0.05, 0.1) is 11.7 Å². The van der Waals surface area contributed by atoms with E-state index in [1.54, 1.807) is 53.4 Å². The second kappa shape index (κ2) is 6.48. The number of carbonyl (C=O) groups excluding carboxylic acids is 2. The van der Waals surface area contributed by atoms with Gasteiger partial charge in [-0.05, 0) is 30.7 Å². The number of ketones is 1. The molecule has 4 nitrogen and oxygen atoms in total. The van der Waals surface area contributed by atoms with E-state index in [9.17, 15) is 9.59 Å². The Hall–Kier alpha value is -2.88. The molecule has 1 unspecified atom stereocenters. The van der Waals surface area contributed by atoms with Crippen molar-refractivity contribution >= 4 is 17.6 Å². The quantitative estimate of drug-likeness (QED) is 0.797. The van der Waals surface area contributed by atoms with Crippen LogP contribution in [0.2, 0.25) is 0 Å². The van der Waals surface area contributed by atoms with E-state index < -0.39 is 6.09 Å². The largest absolute Gasteiger partial charge is 0.420 e. The minimum atomic E-state index is -0.483. The van der Waals surface area contributed by atoms with Gasteiger partial charge >= 0.3 is 6.09 Å². The van der Waals surface area contributed by atoms with Crippen LogP contribution in [0.1, 0.15) is 23.2 Å². The summed E-state index contributed by atoms with van der Waals surface area (Å²) < 4.78 is 5.46. The molecule has 3 rings (SSSR count). The molecule has 23 heavy (non-hydrogen) atoms. The first-order valence-electron chi connectivity index (χ1n) is 7.50. The van der Waals surface area contributed by atoms with Crippen LogP contribution in [0.25, 0.3) is 0 Å². The zero-order chi connectivity index (χ0) is 16.2. The maximum atomic E-state index is 12.7. The van der Waals surface area contributed by atoms with E-state index in [1.807, 2.05) is 12.1 Å². The highest BCUT2D eigenvalue weighted by Crippen LogP contribution is 2.32. The average molecular weight is 307 g/mol. The van der Waals surface area contributed by atoms with Crippen LogP contribution in [0, 0.1) is 0 Å². The van der Waals surface area contributed by atoms with Crippen molar-refractivity contribution in [3.8, 4) is 5.75 Å². The Bertz CT molecular complexity index is 739. The predicted octanol–water partition coefficient (Wildman–Crippen LogP) is 4.22. The summed E-state index contributed by atoms with van der Waals surface area (Å²) in [7, 11) is 0. The second-order valence-electron chi connectivity index (χ2n) is 5.37. The highest BCUT2D eigenvalue weighted by atomic mass is 16.6. The Morgan fingerprint density at radius 1 is 1.17 bits per heavy atom. The minimum absolute atomic E-state index is 0.0382. The van der Waals surface area contributed by atoms with Crippen molar-refractivity contribution in [3.05, 3.63) is 72.8 Å². The molecule has 0 fully saturated rings. The summed E-state index contributed by atoms with van der Waals surface area (Å²) in [5, 5.41) is 0. The Kier molecular flexibility index (Phi) is 4.24. The van der Waals surface area contributed by atoms with Gasteiger partial charge in [0.15, 0.2) is 5.78 Å². The molecule has 0 radical (unpaired) electrons. The molecule has 0 spiro atoms. The summed E-state index contributed by atoms with van der Waals surface area (Å²) in [4.78, 5) is 26.5. The van der Waals surface area contributed by atoms with Crippen molar-refractivity contribution in [2.24, 2.45) is 0 Å². The molecule has 0 aromatic heterocycles. The van der Waals surface area contributed by atoms with Gasteiger partial charge in [-0.15, -0.1) is 6.58 Å². The van der Waals surface area contributed by atoms with Gasteiger partial charge in [-0.3, -0.25) is 9.69 Å². The first-order valence-corrected chi connectivity index (χ1v) is 7.50. The maximum absolute atomic E-state index is 12.7. The zero-order valence-corrected chi connectivity index (χ0v) is 12.6. The monoisotopic (exact) mass is 307 g/mol. The number of para-hydroxylation sites is 2. The van der Waals surface area contributed by atoms with E-state index in [4.69, 9.17) is 4.74 Å². The van der Waals surface area contributed by atoms with Crippen LogP contribution in [0.15, 0.2) is 67.3 Å². The van der Waals surface area contributed by atoms with Crippen molar-refractivity contribution < 1.29 is 14.3 Å². The molecule has 0 bridgehead atoms. The fraction of sp³-hybridized carbons (Fsp3) is 0.158. The van der Waals surface area contributed by atoms with Crippen LogP contribution >= 0.6 is 0 Å². The van der Waals surface area contributed by atoms with Crippen molar-refractivity contribution in [2.45, 2.75) is 18.9 Å². The van der Waals surface area contributed by atoms with Crippen molar-refractivity contribution in [1.29, 1.82) is 0 Å². The molecule has 1 heterocycles. The van der Waals surface area contributed by atoms with Gasteiger partial charge in [-0.2, -0.15) is 0 Å². The minimum Gasteiger partial charge on any atom is -0.410 e. The normalized spacial score (nSPS) is 16.6. The molecular formula is C19H17NO3. The molecule has 0 saturated heterocycles. The molecule has 0 aliphatic carbocycles. The Morgan fingerprint density at radius 3 is 2.61 bits per heavy atom. The van der Waals surface area contributed by atoms with Gasteiger partial charge in [0, 0.05) is 12.0 Å². The number of carbonyl (C=O) groups is 2. The number of benzene rings is 2. The lowest BCUT2D eigenvalue weighted by atomic mass is 9.93. The molecule has 1 aliphatic heterocycles. The van der Waals surface area contributed by atoms with Crippen molar-refractivity contribution in [2.75, 3.05) is 4.90 Å². The Morgan fingerprint density at radius 2 is 1.87 bits per heavy atom. The van der Waals surface area contributed by atoms with E-state index >= 15 is 0 Å². The van der Waals surface area contributed by atoms with E-state index in [-0.39, 0.29) is 18.2 Å². The van der Waals surface area contributed by atoms with Crippen LogP contribution in [0.3, 0.4) is 0 Å². The van der Waals surface area contributed by atoms with Crippen LogP contribution in [-0.2, 0) is 0 Å². The number of ether oxygens (including phenoxy) is 1. The van der Waals surface area contributed by atoms with Crippen LogP contribution in [0.4, 0.5) is 10.5 Å². The van der Waals surface area contributed by atoms with Gasteiger partial charge < -0.3 is 4.74 Å². The summed E-state index contributed by atoms with van der Waals surface area (Å²) in [5.41, 5.74) is 1.15. The van der Waals surface area contributed by atoms with Gasteiger partial charge in [-0.25, -0.2) is 4.79 Å². The summed E-state index contributed by atoms with van der Waals surface area (Å²) >= 11 is 0. The predicted molar refractivity (Wildman–Crippen MR) is 88.9 cm³/mol. The number of hydrogen-bond donors (Lipinski definition) is 0. The van der Waals surface area contributed by atoms with Gasteiger partial charge in [0.1, 0.15) is 5.75 Å². The second-order valence-corrected chi connectivity index (χ2v) is 5.37. The molecule has 2 aromatic carbocycles. The fourth-order valence-electron chi connectivity index (χ4n) is 2.80. The van der Waals surface area contributed by atoms with Gasteiger partial charge in [-0.1, -0.05) is 36.4 Å². The molecule has 0 N–H and O–H groups in total. The van der Waals surface area contributed by atoms with E-state index in [0.29, 0.717) is 23.4 Å². The molecule has 1 amide bonds. The summed E-state index contributed by atoms with van der Waals surface area (Å²) in [6, 6.07) is 15.8. The lowest BCUT2D eigenvalue weighted by Crippen LogP contribution is -2.46. The molecule has 116 valence electrons. The molecule has 4 heteroatoms. The number of amides is 1. The third kappa shape index (κ3) is 3.01. The number of hydrogen-bond acceptors (Lipinski definition) is 3. The van der Waals surface area contributed by atoms with E-state index in [2.05, 4.69) is 6.58 Å². The lowest BCUT2D eigenvalue weighted by molar-refractivity contribution is 0.0966. The molecule has 2 aromatic rings. The highest BCUT2D eigenvalue weighted by molar-refractivity contribution is 6.08. The summed E-state index contributed by atoms with van der Waals surface area (Å²) in [5.74, 6) is 0.514. The Labute approximate surface area is 135 Å². The fourth-order valence-corrected chi connectivity index (χ4v) is 2.80. The zero-order valence-electron chi connectivity index (χ0n) is 12.6. The van der Waals surface area contributed by atoms with E-state index in [0.717, 1.165) is 0 Å². The third-order valence-corrected chi connectivity index (χ3v) is 3.83. The van der Waals surface area contributed by atoms with Gasteiger partial charge in [0.25, 0.3) is 0 Å². The highest BCUT2D eigenvalue weighted by Gasteiger charge is 2.35. The number of Topliss-reactive ketones (excluding diaryl/α,β-unsaturated/α-hetero) is 1. The van der Waals surface area contributed by atoms with E-state index in [1.165, 1.54) is 0 Å². The maximum Gasteiger partial charge on any atom is 0.420 e. The third-order valence-electron chi connectivity index (χ3n) is 3.83. The van der Waals surface area contributed by atoms with Gasteiger partial charge in [0.2, 0.25) is 0 Å². The topological polar surface area (TPSA) is 46.6 Å². The van der Waals surface area contributed by atoms with Crippen molar-refractivity contribution in [3.63, 3.8) is 0 Å². The molecule has 1 atom stereocenters. The average Bonchev–Trinajstić information content (AvgIpc) is 2.56. The SMILES string of the molecule is C=CCC1CC(=O)c2ccccc2N1C(=O)Oc1ccccc1. The van der Waals surface area contributed by atoms with Crippen LogP contribution in [0.5, 0.6) is 5.75 Å². The molecule has 0 saturated carbocycles. The first kappa shape index (κ1) is 15.0. The molecular weight excluding hydrogens is 290 g/mol. The smallest absolute Gasteiger partial charge is 0.410 e. The standard InChI is InChI=1S/C19H17NO3/c1-2-8-14-13-18(21)16-11-6-7-12-17(16)20(14)19(22)23-15-9-4-3-5-10-15/h2-7,9-12,14H,1,8,13H2. The Balaban J connectivity index is 1.95. The van der Waals surface area contributed by atoms with Crippen molar-refractivity contribution in [1.82, 2.24) is 0 Å². The lowest BCUT2D eigenvalue weighted by Gasteiger charge is -2.35. The summed E-state index contributed by atoms with van der Waals surface area (Å²) in [6.45, 7) is 3.72. The number of fused-ring (bicyclic) bond motifs is 1. The molecule has 1 aliphatic rings. The first-order chi connectivity index (χ1) is 11.2. The number of nitrogens with zero attached hydrogens (tertiary/aromatic N) is 1. The summed E-state index contributed by atoms with van der Waals surface area (Å²) in [6.07, 6.45) is 2.04. The number of anilines is 1.